The number of nitrogens with one attached hydrogen (secondary N) is 1. The Kier molecular flexibility index (Phi) is 3.30. The Bertz CT molecular complexity index is 419. The second kappa shape index (κ2) is 5.08. The van der Waals surface area contributed by atoms with E-state index in [1.807, 2.05) is 24.3 Å². The van der Waals surface area contributed by atoms with Crippen LogP contribution in [0.2, 0.25) is 0 Å². The first-order chi connectivity index (χ1) is 8.83. The summed E-state index contributed by atoms with van der Waals surface area (Å²) < 4.78 is 11.0. The minimum absolute atomic E-state index is 0.0904. The molecule has 1 aromatic rings. The maximum Gasteiger partial charge on any atom is 0.182 e. The average molecular weight is 247 g/mol. The van der Waals surface area contributed by atoms with Gasteiger partial charge in [0.05, 0.1) is 25.4 Å². The van der Waals surface area contributed by atoms with E-state index in [9.17, 15) is 4.79 Å². The molecule has 0 bridgehead atoms. The van der Waals surface area contributed by atoms with Crippen LogP contribution in [0.15, 0.2) is 24.3 Å². The third-order valence-corrected chi connectivity index (χ3v) is 3.20. The highest BCUT2D eigenvalue weighted by atomic mass is 16.5. The molecule has 0 radical (unpaired) electrons. The Balaban J connectivity index is 1.65. The number of morpholine rings is 1. The molecule has 1 aromatic carbocycles. The van der Waals surface area contributed by atoms with Crippen molar-refractivity contribution in [1.82, 2.24) is 5.32 Å². The highest BCUT2D eigenvalue weighted by Crippen LogP contribution is 2.26. The highest BCUT2D eigenvalue weighted by molar-refractivity contribution is 6.00. The average Bonchev–Trinajstić information content (AvgIpc) is 3.24. The summed E-state index contributed by atoms with van der Waals surface area (Å²) >= 11 is 0. The van der Waals surface area contributed by atoms with Crippen molar-refractivity contribution < 1.29 is 14.3 Å². The van der Waals surface area contributed by atoms with E-state index in [-0.39, 0.29) is 11.8 Å². The summed E-state index contributed by atoms with van der Waals surface area (Å²) in [7, 11) is 0. The summed E-state index contributed by atoms with van der Waals surface area (Å²) in [5.41, 5.74) is 0.709. The molecule has 1 aliphatic carbocycles. The van der Waals surface area contributed by atoms with Crippen molar-refractivity contribution in [2.75, 3.05) is 19.8 Å². The molecule has 1 saturated heterocycles. The summed E-state index contributed by atoms with van der Waals surface area (Å²) in [6.45, 7) is 1.87. The summed E-state index contributed by atoms with van der Waals surface area (Å²) in [6, 6.07) is 7.19. The Morgan fingerprint density at radius 2 is 2.06 bits per heavy atom. The van der Waals surface area contributed by atoms with E-state index in [4.69, 9.17) is 9.47 Å². The molecule has 1 atom stereocenters. The van der Waals surface area contributed by atoms with Crippen LogP contribution >= 0.6 is 0 Å². The van der Waals surface area contributed by atoms with Crippen molar-refractivity contribution in [3.05, 3.63) is 29.8 Å². The second-order valence-corrected chi connectivity index (χ2v) is 4.79. The number of carbonyl (C=O) groups excluding carboxylic acids is 1. The fourth-order valence-electron chi connectivity index (χ4n) is 2.01. The minimum Gasteiger partial charge on any atom is -0.490 e. The van der Waals surface area contributed by atoms with E-state index in [1.54, 1.807) is 0 Å². The van der Waals surface area contributed by atoms with Gasteiger partial charge in [-0.2, -0.15) is 0 Å². The summed E-state index contributed by atoms with van der Waals surface area (Å²) in [6.07, 6.45) is 2.67. The van der Waals surface area contributed by atoms with Gasteiger partial charge in [-0.3, -0.25) is 4.79 Å². The molecular weight excluding hydrogens is 230 g/mol. The van der Waals surface area contributed by atoms with Crippen molar-refractivity contribution in [2.24, 2.45) is 0 Å². The van der Waals surface area contributed by atoms with Crippen molar-refractivity contribution in [3.8, 4) is 5.75 Å². The van der Waals surface area contributed by atoms with Gasteiger partial charge >= 0.3 is 0 Å². The number of ether oxygens (including phenoxy) is 2. The number of carbonyl (C=O) groups is 1. The Morgan fingerprint density at radius 3 is 2.67 bits per heavy atom. The number of hydrogen-bond donors (Lipinski definition) is 1. The van der Waals surface area contributed by atoms with Crippen LogP contribution in [-0.2, 0) is 4.74 Å². The molecule has 1 unspecified atom stereocenters. The first kappa shape index (κ1) is 11.7. The lowest BCUT2D eigenvalue weighted by atomic mass is 10.0. The van der Waals surface area contributed by atoms with Gasteiger partial charge in [-0.1, -0.05) is 0 Å². The monoisotopic (exact) mass is 247 g/mol. The molecule has 2 fully saturated rings. The van der Waals surface area contributed by atoms with Gasteiger partial charge in [0.15, 0.2) is 5.78 Å². The van der Waals surface area contributed by atoms with E-state index < -0.39 is 0 Å². The Hall–Kier alpha value is -1.39. The van der Waals surface area contributed by atoms with Gasteiger partial charge in [0.25, 0.3) is 0 Å². The van der Waals surface area contributed by atoms with Crippen molar-refractivity contribution in [2.45, 2.75) is 25.0 Å². The molecule has 3 rings (SSSR count). The molecule has 2 aliphatic rings. The van der Waals surface area contributed by atoms with E-state index in [0.29, 0.717) is 24.9 Å². The SMILES string of the molecule is O=C(c1ccc(OC2CC2)cc1)C1COCCN1. The van der Waals surface area contributed by atoms with Gasteiger partial charge in [-0.05, 0) is 37.1 Å². The lowest BCUT2D eigenvalue weighted by Crippen LogP contribution is -2.46. The van der Waals surface area contributed by atoms with Gasteiger partial charge < -0.3 is 14.8 Å². The zero-order chi connectivity index (χ0) is 12.4. The second-order valence-electron chi connectivity index (χ2n) is 4.79. The minimum atomic E-state index is -0.214. The fraction of sp³-hybridized carbons (Fsp3) is 0.500. The van der Waals surface area contributed by atoms with Gasteiger partial charge in [-0.25, -0.2) is 0 Å². The van der Waals surface area contributed by atoms with Crippen LogP contribution in [0.25, 0.3) is 0 Å². The zero-order valence-electron chi connectivity index (χ0n) is 10.2. The van der Waals surface area contributed by atoms with Crippen LogP contribution in [0.5, 0.6) is 5.75 Å². The highest BCUT2D eigenvalue weighted by Gasteiger charge is 2.24. The van der Waals surface area contributed by atoms with Crippen molar-refractivity contribution in [3.63, 3.8) is 0 Å². The first-order valence-electron chi connectivity index (χ1n) is 6.45. The molecule has 0 amide bonds. The third-order valence-electron chi connectivity index (χ3n) is 3.20. The molecule has 1 saturated carbocycles. The standard InChI is InChI=1S/C14H17NO3/c16-14(13-9-17-8-7-15-13)10-1-3-11(4-2-10)18-12-5-6-12/h1-4,12-13,15H,5-9H2. The quantitative estimate of drug-likeness (QED) is 0.817. The number of ketones is 1. The van der Waals surface area contributed by atoms with Crippen LogP contribution < -0.4 is 10.1 Å². The molecule has 4 heteroatoms. The predicted octanol–water partition coefficient (Wildman–Crippen LogP) is 1.40. The predicted molar refractivity (Wildman–Crippen MR) is 67.0 cm³/mol. The normalized spacial score (nSPS) is 23.7. The summed E-state index contributed by atoms with van der Waals surface area (Å²) in [5.74, 6) is 0.939. The van der Waals surface area contributed by atoms with Crippen LogP contribution in [0.1, 0.15) is 23.2 Å². The molecule has 0 spiro atoms. The smallest absolute Gasteiger partial charge is 0.182 e. The first-order valence-corrected chi connectivity index (χ1v) is 6.45. The number of rotatable bonds is 4. The van der Waals surface area contributed by atoms with E-state index in [0.717, 1.165) is 25.1 Å². The topological polar surface area (TPSA) is 47.6 Å². The molecule has 1 N–H and O–H groups in total. The lowest BCUT2D eigenvalue weighted by molar-refractivity contribution is 0.0607. The molecule has 18 heavy (non-hydrogen) atoms. The molecule has 0 aromatic heterocycles. The number of Topliss-reactive ketones (excluding diaryl/α,β-unsaturated/α-hetero) is 1. The zero-order valence-corrected chi connectivity index (χ0v) is 10.2. The Labute approximate surface area is 106 Å². The summed E-state index contributed by atoms with van der Waals surface area (Å²) in [4.78, 5) is 12.2. The summed E-state index contributed by atoms with van der Waals surface area (Å²) in [5, 5.41) is 3.17. The van der Waals surface area contributed by atoms with Crippen LogP contribution in [-0.4, -0.2) is 37.7 Å². The van der Waals surface area contributed by atoms with Crippen LogP contribution in [0.3, 0.4) is 0 Å². The van der Waals surface area contributed by atoms with Gasteiger partial charge in [0.2, 0.25) is 0 Å². The van der Waals surface area contributed by atoms with Crippen molar-refractivity contribution >= 4 is 5.78 Å². The van der Waals surface area contributed by atoms with Gasteiger partial charge in [0.1, 0.15) is 5.75 Å². The van der Waals surface area contributed by atoms with Gasteiger partial charge in [0, 0.05) is 12.1 Å². The lowest BCUT2D eigenvalue weighted by Gasteiger charge is -2.22. The molecule has 4 nitrogen and oxygen atoms in total. The number of benzene rings is 1. The van der Waals surface area contributed by atoms with Crippen LogP contribution in [0.4, 0.5) is 0 Å². The maximum absolute atomic E-state index is 12.2. The maximum atomic E-state index is 12.2. The van der Waals surface area contributed by atoms with Gasteiger partial charge in [-0.15, -0.1) is 0 Å². The van der Waals surface area contributed by atoms with E-state index >= 15 is 0 Å². The molecule has 1 aliphatic heterocycles. The molecular formula is C14H17NO3. The van der Waals surface area contributed by atoms with Crippen LogP contribution in [0, 0.1) is 0 Å². The molecule has 1 heterocycles. The Morgan fingerprint density at radius 1 is 1.28 bits per heavy atom. The third kappa shape index (κ3) is 2.71. The molecule has 96 valence electrons. The fourth-order valence-corrected chi connectivity index (χ4v) is 2.01. The van der Waals surface area contributed by atoms with Crippen molar-refractivity contribution in [1.29, 1.82) is 0 Å². The number of hydrogen-bond acceptors (Lipinski definition) is 4. The van der Waals surface area contributed by atoms with E-state index in [1.165, 1.54) is 0 Å². The van der Waals surface area contributed by atoms with E-state index in [2.05, 4.69) is 5.32 Å². The largest absolute Gasteiger partial charge is 0.490 e.